The Labute approximate surface area is 146 Å². The van der Waals surface area contributed by atoms with Gasteiger partial charge in [0.05, 0.1) is 14.2 Å². The lowest BCUT2D eigenvalue weighted by atomic mass is 9.97. The lowest BCUT2D eigenvalue weighted by molar-refractivity contribution is 0.207. The van der Waals surface area contributed by atoms with Crippen LogP contribution in [0.25, 0.3) is 0 Å². The van der Waals surface area contributed by atoms with E-state index in [0.29, 0.717) is 13.1 Å². The molecule has 0 saturated carbocycles. The van der Waals surface area contributed by atoms with Crippen LogP contribution in [0.4, 0.5) is 4.79 Å². The smallest absolute Gasteiger partial charge is 0.317 e. The molecule has 1 aliphatic heterocycles. The molecule has 1 aromatic carbocycles. The molecule has 0 spiro atoms. The van der Waals surface area contributed by atoms with Crippen LogP contribution in [0, 0.1) is 0 Å². The number of hydrogen-bond donors (Lipinski definition) is 1. The first-order chi connectivity index (χ1) is 11.7. The highest BCUT2D eigenvalue weighted by atomic mass is 32.1. The minimum atomic E-state index is -0.00874. The molecule has 2 amide bonds. The molecule has 1 N–H and O–H groups in total. The van der Waals surface area contributed by atoms with Gasteiger partial charge in [-0.3, -0.25) is 0 Å². The van der Waals surface area contributed by atoms with Crippen LogP contribution in [0.1, 0.15) is 23.5 Å². The summed E-state index contributed by atoms with van der Waals surface area (Å²) in [6.45, 7) is 2.02. The third-order valence-electron chi connectivity index (χ3n) is 4.37. The highest BCUT2D eigenvalue weighted by molar-refractivity contribution is 7.07. The molecule has 1 fully saturated rings. The quantitative estimate of drug-likeness (QED) is 0.902. The monoisotopic (exact) mass is 346 g/mol. The van der Waals surface area contributed by atoms with E-state index >= 15 is 0 Å². The second-order valence-corrected chi connectivity index (χ2v) is 6.58. The first-order valence-electron chi connectivity index (χ1n) is 7.97. The van der Waals surface area contributed by atoms with Crippen LogP contribution in [-0.2, 0) is 6.54 Å². The van der Waals surface area contributed by atoms with Crippen LogP contribution in [-0.4, -0.2) is 38.2 Å². The van der Waals surface area contributed by atoms with E-state index < -0.39 is 0 Å². The van der Waals surface area contributed by atoms with Crippen LogP contribution >= 0.6 is 11.3 Å². The molecule has 3 rings (SSSR count). The number of likely N-dealkylation sites (tertiary alicyclic amines) is 1. The van der Waals surface area contributed by atoms with Crippen molar-refractivity contribution in [1.82, 2.24) is 10.2 Å². The van der Waals surface area contributed by atoms with Gasteiger partial charge in [-0.1, -0.05) is 12.1 Å². The van der Waals surface area contributed by atoms with Gasteiger partial charge in [0.1, 0.15) is 0 Å². The second kappa shape index (κ2) is 7.57. The summed E-state index contributed by atoms with van der Waals surface area (Å²) >= 11 is 1.64. The van der Waals surface area contributed by atoms with Crippen LogP contribution in [0.15, 0.2) is 35.0 Å². The number of para-hydroxylation sites is 1. The molecule has 1 atom stereocenters. The molecule has 1 aliphatic rings. The fraction of sp³-hybridized carbons (Fsp3) is 0.389. The van der Waals surface area contributed by atoms with E-state index in [4.69, 9.17) is 9.47 Å². The molecule has 2 aromatic rings. The first kappa shape index (κ1) is 16.6. The van der Waals surface area contributed by atoms with Gasteiger partial charge in [-0.25, -0.2) is 4.79 Å². The van der Waals surface area contributed by atoms with Crippen LogP contribution in [0.3, 0.4) is 0 Å². The third-order valence-corrected chi connectivity index (χ3v) is 5.10. The maximum Gasteiger partial charge on any atom is 0.317 e. The van der Waals surface area contributed by atoms with Gasteiger partial charge in [0, 0.05) is 31.1 Å². The van der Waals surface area contributed by atoms with Gasteiger partial charge in [0.2, 0.25) is 0 Å². The van der Waals surface area contributed by atoms with E-state index in [2.05, 4.69) is 11.4 Å². The number of carbonyl (C=O) groups excluding carboxylic acids is 1. The number of thiophene rings is 1. The Balaban J connectivity index is 1.64. The Kier molecular flexibility index (Phi) is 5.25. The fourth-order valence-corrected chi connectivity index (χ4v) is 3.78. The van der Waals surface area contributed by atoms with Gasteiger partial charge in [-0.05, 0) is 34.9 Å². The maximum atomic E-state index is 12.4. The molecule has 128 valence electrons. The molecule has 2 heterocycles. The van der Waals surface area contributed by atoms with Crippen molar-refractivity contribution in [2.75, 3.05) is 27.3 Å². The van der Waals surface area contributed by atoms with Crippen molar-refractivity contribution in [2.24, 2.45) is 0 Å². The average molecular weight is 346 g/mol. The van der Waals surface area contributed by atoms with E-state index in [9.17, 15) is 4.79 Å². The number of ether oxygens (including phenoxy) is 2. The molecule has 6 heteroatoms. The van der Waals surface area contributed by atoms with E-state index in [1.54, 1.807) is 25.6 Å². The topological polar surface area (TPSA) is 50.8 Å². The third kappa shape index (κ3) is 3.48. The summed E-state index contributed by atoms with van der Waals surface area (Å²) in [5.74, 6) is 1.77. The van der Waals surface area contributed by atoms with Gasteiger partial charge in [-0.2, -0.15) is 11.3 Å². The predicted molar refractivity (Wildman–Crippen MR) is 95.0 cm³/mol. The number of amides is 2. The molecule has 1 aromatic heterocycles. The van der Waals surface area contributed by atoms with E-state index in [1.165, 1.54) is 0 Å². The van der Waals surface area contributed by atoms with E-state index in [1.807, 2.05) is 33.9 Å². The molecule has 0 bridgehead atoms. The Hall–Kier alpha value is -2.21. The SMILES string of the molecule is COc1cccc([C@@H]2CCN(C(=O)NCc3ccsc3)C2)c1OC. The van der Waals surface area contributed by atoms with Crippen molar-refractivity contribution in [3.63, 3.8) is 0 Å². The molecule has 0 radical (unpaired) electrons. The number of nitrogens with one attached hydrogen (secondary N) is 1. The molecular formula is C18H22N2O3S. The van der Waals surface area contributed by atoms with Gasteiger partial charge in [-0.15, -0.1) is 0 Å². The summed E-state index contributed by atoms with van der Waals surface area (Å²) in [5.41, 5.74) is 2.24. The van der Waals surface area contributed by atoms with Crippen LogP contribution < -0.4 is 14.8 Å². The lowest BCUT2D eigenvalue weighted by Gasteiger charge is -2.19. The van der Waals surface area contributed by atoms with Gasteiger partial charge < -0.3 is 19.7 Å². The summed E-state index contributed by atoms with van der Waals surface area (Å²) in [6.07, 6.45) is 0.926. The predicted octanol–water partition coefficient (Wildman–Crippen LogP) is 3.46. The minimum Gasteiger partial charge on any atom is -0.493 e. The summed E-state index contributed by atoms with van der Waals surface area (Å²) in [5, 5.41) is 7.05. The van der Waals surface area contributed by atoms with Crippen molar-refractivity contribution in [3.8, 4) is 11.5 Å². The minimum absolute atomic E-state index is 0.00874. The van der Waals surface area contributed by atoms with Crippen LogP contribution in [0.5, 0.6) is 11.5 Å². The standard InChI is InChI=1S/C18H22N2O3S/c1-22-16-5-3-4-15(17(16)23-2)14-6-8-20(11-14)18(21)19-10-13-7-9-24-12-13/h3-5,7,9,12,14H,6,8,10-11H2,1-2H3,(H,19,21)/t14-/m1/s1. The maximum absolute atomic E-state index is 12.4. The number of nitrogens with zero attached hydrogens (tertiary/aromatic N) is 1. The number of urea groups is 1. The highest BCUT2D eigenvalue weighted by Gasteiger charge is 2.29. The zero-order valence-corrected chi connectivity index (χ0v) is 14.8. The average Bonchev–Trinajstić information content (AvgIpc) is 3.30. The largest absolute Gasteiger partial charge is 0.493 e. The zero-order valence-electron chi connectivity index (χ0n) is 14.0. The van der Waals surface area contributed by atoms with Crippen molar-refractivity contribution >= 4 is 17.4 Å². The number of carbonyl (C=O) groups is 1. The van der Waals surface area contributed by atoms with Gasteiger partial charge in [0.25, 0.3) is 0 Å². The van der Waals surface area contributed by atoms with E-state index in [0.717, 1.165) is 35.6 Å². The highest BCUT2D eigenvalue weighted by Crippen LogP contribution is 2.39. The summed E-state index contributed by atoms with van der Waals surface area (Å²) < 4.78 is 10.9. The molecule has 0 unspecified atom stereocenters. The van der Waals surface area contributed by atoms with Crippen LogP contribution in [0.2, 0.25) is 0 Å². The molecular weight excluding hydrogens is 324 g/mol. The number of benzene rings is 1. The molecule has 1 saturated heterocycles. The Bertz CT molecular complexity index is 688. The Morgan fingerprint density at radius 2 is 2.21 bits per heavy atom. The van der Waals surface area contributed by atoms with Crippen molar-refractivity contribution in [3.05, 3.63) is 46.2 Å². The number of hydrogen-bond acceptors (Lipinski definition) is 4. The zero-order chi connectivity index (χ0) is 16.9. The van der Waals surface area contributed by atoms with Gasteiger partial charge >= 0.3 is 6.03 Å². The molecule has 0 aliphatic carbocycles. The number of rotatable bonds is 5. The summed E-state index contributed by atoms with van der Waals surface area (Å²) in [6, 6.07) is 7.93. The first-order valence-corrected chi connectivity index (χ1v) is 8.92. The fourth-order valence-electron chi connectivity index (χ4n) is 3.11. The number of methoxy groups -OCH3 is 2. The Morgan fingerprint density at radius 1 is 1.33 bits per heavy atom. The molecule has 24 heavy (non-hydrogen) atoms. The summed E-state index contributed by atoms with van der Waals surface area (Å²) in [7, 11) is 3.29. The van der Waals surface area contributed by atoms with E-state index in [-0.39, 0.29) is 11.9 Å². The van der Waals surface area contributed by atoms with Crippen molar-refractivity contribution in [1.29, 1.82) is 0 Å². The lowest BCUT2D eigenvalue weighted by Crippen LogP contribution is -2.37. The van der Waals surface area contributed by atoms with Crippen molar-refractivity contribution in [2.45, 2.75) is 18.9 Å². The van der Waals surface area contributed by atoms with Crippen molar-refractivity contribution < 1.29 is 14.3 Å². The summed E-state index contributed by atoms with van der Waals surface area (Å²) in [4.78, 5) is 14.2. The second-order valence-electron chi connectivity index (χ2n) is 5.80. The molecule has 5 nitrogen and oxygen atoms in total. The Morgan fingerprint density at radius 3 is 2.92 bits per heavy atom. The normalized spacial score (nSPS) is 16.9. The van der Waals surface area contributed by atoms with Gasteiger partial charge in [0.15, 0.2) is 11.5 Å².